The molecule has 0 aromatic heterocycles. The second-order valence-corrected chi connectivity index (χ2v) is 16.2. The predicted octanol–water partition coefficient (Wildman–Crippen LogP) is 11.2. The highest BCUT2D eigenvalue weighted by Crippen LogP contribution is 2.44. The maximum absolute atomic E-state index is 10.1. The van der Waals surface area contributed by atoms with E-state index in [9.17, 15) is 10.2 Å². The zero-order valence-corrected chi connectivity index (χ0v) is 29.2. The Morgan fingerprint density at radius 3 is 1.86 bits per heavy atom. The highest BCUT2D eigenvalue weighted by Gasteiger charge is 2.33. The molecule has 4 unspecified atom stereocenters. The summed E-state index contributed by atoms with van der Waals surface area (Å²) in [5.74, 6) is 3.21. The first kappa shape index (κ1) is 36.9. The molecule has 242 valence electrons. The van der Waals surface area contributed by atoms with Crippen molar-refractivity contribution in [2.45, 2.75) is 158 Å². The summed E-state index contributed by atoms with van der Waals surface area (Å²) in [6, 6.07) is 0. The Kier molecular flexibility index (Phi) is 15.2. The molecule has 0 aliphatic heterocycles. The van der Waals surface area contributed by atoms with Gasteiger partial charge in [-0.3, -0.25) is 0 Å². The normalized spacial score (nSPS) is 27.3. The lowest BCUT2D eigenvalue weighted by Gasteiger charge is -2.45. The molecule has 0 saturated heterocycles. The molecule has 1 fully saturated rings. The third-order valence-electron chi connectivity index (χ3n) is 10.4. The van der Waals surface area contributed by atoms with E-state index in [2.05, 4.69) is 93.2 Å². The van der Waals surface area contributed by atoms with Gasteiger partial charge in [-0.05, 0) is 85.0 Å². The van der Waals surface area contributed by atoms with Crippen molar-refractivity contribution in [3.63, 3.8) is 0 Å². The standard InChI is InChI=1S/C40H69O2/c1-29(17-13-19-31(3)21-23-37-33(5)25-35(41)27-39(37,7)8)15-11-12-16-30(2)18-14-20-32(4)22-24-38-34(6)26-36(42)28-40(38,9)10/h21-25,29-32,35-37,41-42H,5,11-20,26-28H2,1-4,6-10H3/q-1/b23-21+,24-22+/t29?,30?,31?,32?,35-,36-,37-/m0/s1. The van der Waals surface area contributed by atoms with E-state index in [4.69, 9.17) is 0 Å². The van der Waals surface area contributed by atoms with E-state index in [1.807, 2.05) is 6.42 Å². The number of hydrogen-bond donors (Lipinski definition) is 2. The topological polar surface area (TPSA) is 40.5 Å². The molecule has 0 radical (unpaired) electrons. The van der Waals surface area contributed by atoms with E-state index in [1.54, 1.807) is 0 Å². The van der Waals surface area contributed by atoms with E-state index < -0.39 is 0 Å². The number of unbranched alkanes of at least 4 members (excludes halogenated alkanes) is 1. The Balaban J connectivity index is 1.55. The summed E-state index contributed by atoms with van der Waals surface area (Å²) < 4.78 is 0. The lowest BCUT2D eigenvalue weighted by molar-refractivity contribution is 0.102. The summed E-state index contributed by atoms with van der Waals surface area (Å²) in [5, 5.41) is 20.2. The van der Waals surface area contributed by atoms with Gasteiger partial charge in [0.2, 0.25) is 0 Å². The van der Waals surface area contributed by atoms with E-state index >= 15 is 0 Å². The summed E-state index contributed by atoms with van der Waals surface area (Å²) in [5.41, 5.74) is 4.02. The van der Waals surface area contributed by atoms with Crippen molar-refractivity contribution in [3.8, 4) is 0 Å². The van der Waals surface area contributed by atoms with Gasteiger partial charge in [-0.2, -0.15) is 6.42 Å². The molecule has 2 aliphatic carbocycles. The van der Waals surface area contributed by atoms with Gasteiger partial charge in [0, 0.05) is 6.10 Å². The largest absolute Gasteiger partial charge is 0.407 e. The van der Waals surface area contributed by atoms with Crippen LogP contribution in [0.15, 0.2) is 47.6 Å². The average Bonchev–Trinajstić information content (AvgIpc) is 2.84. The van der Waals surface area contributed by atoms with Crippen LogP contribution < -0.4 is 0 Å². The smallest absolute Gasteiger partial charge is 0.0585 e. The molecule has 0 amide bonds. The number of rotatable bonds is 17. The van der Waals surface area contributed by atoms with Gasteiger partial charge in [-0.25, -0.2) is 12.2 Å². The average molecular weight is 582 g/mol. The summed E-state index contributed by atoms with van der Waals surface area (Å²) in [4.78, 5) is 0. The zero-order chi connectivity index (χ0) is 31.5. The molecule has 0 bridgehead atoms. The molecule has 0 heterocycles. The number of aliphatic hydroxyl groups is 2. The van der Waals surface area contributed by atoms with Crippen molar-refractivity contribution in [2.24, 2.45) is 40.4 Å². The van der Waals surface area contributed by atoms with Crippen LogP contribution in [0.25, 0.3) is 0 Å². The molecule has 2 aliphatic rings. The molecular formula is C40H69O2-. The number of aliphatic hydroxyl groups excluding tert-OH is 2. The minimum absolute atomic E-state index is 0.0686. The minimum atomic E-state index is -0.347. The van der Waals surface area contributed by atoms with Gasteiger partial charge < -0.3 is 10.2 Å². The lowest BCUT2D eigenvalue weighted by atomic mass is 9.65. The summed E-state index contributed by atoms with van der Waals surface area (Å²) in [6.07, 6.45) is 26.8. The SMILES string of the molecule is C=C1[CH-][C@H](O)CC(C)(C)[C@H]1/C=C/C(C)CCCC(C)CCCCC(C)CCCC(C)/C=C/C1=C(C)C[C@H](O)CC1(C)C. The van der Waals surface area contributed by atoms with Crippen molar-refractivity contribution in [1.82, 2.24) is 0 Å². The van der Waals surface area contributed by atoms with Gasteiger partial charge in [0.25, 0.3) is 0 Å². The Labute approximate surface area is 262 Å². The van der Waals surface area contributed by atoms with Crippen molar-refractivity contribution in [3.05, 3.63) is 54.0 Å². The van der Waals surface area contributed by atoms with Crippen molar-refractivity contribution >= 4 is 0 Å². The molecule has 0 aromatic carbocycles. The highest BCUT2D eigenvalue weighted by atomic mass is 16.3. The summed E-state index contributed by atoms with van der Waals surface area (Å²) in [6.45, 7) is 25.1. The molecule has 42 heavy (non-hydrogen) atoms. The van der Waals surface area contributed by atoms with Crippen LogP contribution in [-0.4, -0.2) is 22.4 Å². The van der Waals surface area contributed by atoms with Gasteiger partial charge in [0.15, 0.2) is 0 Å². The van der Waals surface area contributed by atoms with Crippen molar-refractivity contribution in [1.29, 1.82) is 0 Å². The molecule has 2 heteroatoms. The third-order valence-corrected chi connectivity index (χ3v) is 10.4. The van der Waals surface area contributed by atoms with E-state index in [0.29, 0.717) is 17.8 Å². The number of allylic oxidation sites excluding steroid dienone is 5. The van der Waals surface area contributed by atoms with Crippen LogP contribution in [0.1, 0.15) is 146 Å². The van der Waals surface area contributed by atoms with Gasteiger partial charge in [-0.15, -0.1) is 0 Å². The Hall–Kier alpha value is -1.25. The monoisotopic (exact) mass is 582 g/mol. The molecule has 2 nitrogen and oxygen atoms in total. The van der Waals surface area contributed by atoms with Crippen LogP contribution in [0.3, 0.4) is 0 Å². The Bertz CT molecular complexity index is 903. The maximum atomic E-state index is 10.1. The van der Waals surface area contributed by atoms with E-state index in [-0.39, 0.29) is 23.0 Å². The molecular weight excluding hydrogens is 512 g/mol. The van der Waals surface area contributed by atoms with E-state index in [0.717, 1.165) is 36.7 Å². The fourth-order valence-electron chi connectivity index (χ4n) is 7.75. The first-order chi connectivity index (χ1) is 19.6. The van der Waals surface area contributed by atoms with Gasteiger partial charge in [0.05, 0.1) is 6.10 Å². The van der Waals surface area contributed by atoms with Crippen LogP contribution in [0.2, 0.25) is 0 Å². The first-order valence-electron chi connectivity index (χ1n) is 17.6. The fourth-order valence-corrected chi connectivity index (χ4v) is 7.75. The Morgan fingerprint density at radius 2 is 1.33 bits per heavy atom. The van der Waals surface area contributed by atoms with Crippen LogP contribution in [0.5, 0.6) is 0 Å². The molecule has 1 saturated carbocycles. The second-order valence-electron chi connectivity index (χ2n) is 16.2. The zero-order valence-electron chi connectivity index (χ0n) is 29.2. The minimum Gasteiger partial charge on any atom is -0.407 e. The summed E-state index contributed by atoms with van der Waals surface area (Å²) in [7, 11) is 0. The quantitative estimate of drug-likeness (QED) is 0.102. The maximum Gasteiger partial charge on any atom is 0.0585 e. The van der Waals surface area contributed by atoms with Gasteiger partial charge >= 0.3 is 0 Å². The number of hydrogen-bond acceptors (Lipinski definition) is 2. The second kappa shape index (κ2) is 17.3. The van der Waals surface area contributed by atoms with Crippen molar-refractivity contribution < 1.29 is 10.2 Å². The van der Waals surface area contributed by atoms with Crippen LogP contribution in [0, 0.1) is 46.8 Å². The summed E-state index contributed by atoms with van der Waals surface area (Å²) >= 11 is 0. The molecule has 0 spiro atoms. The van der Waals surface area contributed by atoms with E-state index in [1.165, 1.54) is 75.4 Å². The molecule has 2 N–H and O–H groups in total. The first-order valence-corrected chi connectivity index (χ1v) is 17.6. The van der Waals surface area contributed by atoms with Crippen LogP contribution in [0.4, 0.5) is 0 Å². The van der Waals surface area contributed by atoms with Crippen molar-refractivity contribution in [2.75, 3.05) is 0 Å². The highest BCUT2D eigenvalue weighted by molar-refractivity contribution is 5.33. The van der Waals surface area contributed by atoms with Gasteiger partial charge in [-0.1, -0.05) is 137 Å². The van der Waals surface area contributed by atoms with Crippen LogP contribution >= 0.6 is 0 Å². The Morgan fingerprint density at radius 1 is 0.810 bits per heavy atom. The third kappa shape index (κ3) is 12.8. The van der Waals surface area contributed by atoms with Gasteiger partial charge in [0.1, 0.15) is 0 Å². The predicted molar refractivity (Wildman–Crippen MR) is 184 cm³/mol. The van der Waals surface area contributed by atoms with Crippen LogP contribution in [-0.2, 0) is 0 Å². The molecule has 0 aromatic rings. The molecule has 7 atom stereocenters. The fraction of sp³-hybridized carbons (Fsp3) is 0.775. The molecule has 2 rings (SSSR count). The lowest BCUT2D eigenvalue weighted by Crippen LogP contribution is -2.35.